The first-order valence-electron chi connectivity index (χ1n) is 5.70. The van der Waals surface area contributed by atoms with Crippen LogP contribution in [-0.4, -0.2) is 55.9 Å². The molecule has 0 amide bonds. The molecule has 0 aliphatic rings. The normalized spacial score (nSPS) is 12.9. The van der Waals surface area contributed by atoms with Gasteiger partial charge in [-0.05, 0) is 5.92 Å². The van der Waals surface area contributed by atoms with Crippen LogP contribution in [0.5, 0.6) is 0 Å². The van der Waals surface area contributed by atoms with Crippen LogP contribution in [0.2, 0.25) is 0 Å². The Hall–Kier alpha value is -0.690. The minimum absolute atomic E-state index is 0.282. The van der Waals surface area contributed by atoms with Gasteiger partial charge in [-0.1, -0.05) is 13.8 Å². The van der Waals surface area contributed by atoms with Gasteiger partial charge in [-0.3, -0.25) is 11.3 Å². The summed E-state index contributed by atoms with van der Waals surface area (Å²) in [5, 5.41) is 19.1. The maximum Gasteiger partial charge on any atom is 0.108 e. The molecular weight excluding hydrogens is 222 g/mol. The number of hydrogen-bond donors (Lipinski definition) is 3. The Balaban J connectivity index is 0. The van der Waals surface area contributed by atoms with E-state index in [1.54, 1.807) is 0 Å². The predicted octanol–water partition coefficient (Wildman–Crippen LogP) is -1.70. The first-order valence-corrected chi connectivity index (χ1v) is 5.70. The molecule has 0 saturated heterocycles. The maximum atomic E-state index is 10.0. The van der Waals surface area contributed by atoms with Crippen LogP contribution in [0.1, 0.15) is 20.3 Å². The maximum absolute atomic E-state index is 10.0. The van der Waals surface area contributed by atoms with Crippen LogP contribution in [0.25, 0.3) is 0 Å². The van der Waals surface area contributed by atoms with Gasteiger partial charge in [0.15, 0.2) is 0 Å². The van der Waals surface area contributed by atoms with E-state index in [1.807, 2.05) is 21.1 Å². The van der Waals surface area contributed by atoms with E-state index < -0.39 is 12.1 Å². The van der Waals surface area contributed by atoms with Crippen molar-refractivity contribution in [3.63, 3.8) is 0 Å². The van der Waals surface area contributed by atoms with Crippen LogP contribution in [0.15, 0.2) is 0 Å². The van der Waals surface area contributed by atoms with E-state index >= 15 is 0 Å². The Morgan fingerprint density at radius 3 is 2.06 bits per heavy atom. The third-order valence-corrected chi connectivity index (χ3v) is 1.69. The van der Waals surface area contributed by atoms with E-state index in [-0.39, 0.29) is 6.42 Å². The smallest absolute Gasteiger partial charge is 0.108 e. The molecule has 17 heavy (non-hydrogen) atoms. The third kappa shape index (κ3) is 21.2. The van der Waals surface area contributed by atoms with E-state index in [0.29, 0.717) is 16.9 Å². The summed E-state index contributed by atoms with van der Waals surface area (Å²) in [7, 11) is 5.66. The quantitative estimate of drug-likeness (QED) is 0.296. The van der Waals surface area contributed by atoms with Crippen LogP contribution < -0.4 is 16.4 Å². The summed E-state index contributed by atoms with van der Waals surface area (Å²) < 4.78 is 0.550. The largest absolute Gasteiger partial charge is 0.550 e. The minimum atomic E-state index is -1.20. The summed E-state index contributed by atoms with van der Waals surface area (Å²) in [5.41, 5.74) is 2.57. The number of aliphatic hydroxyl groups excluding tert-OH is 1. The van der Waals surface area contributed by atoms with Gasteiger partial charge in [0.05, 0.1) is 21.1 Å². The molecule has 0 fully saturated rings. The van der Waals surface area contributed by atoms with E-state index in [9.17, 15) is 9.90 Å². The van der Waals surface area contributed by atoms with Gasteiger partial charge >= 0.3 is 0 Å². The summed E-state index contributed by atoms with van der Waals surface area (Å²) in [6.45, 7) is 5.55. The second kappa shape index (κ2) is 9.35. The van der Waals surface area contributed by atoms with Crippen molar-refractivity contribution in [3.05, 3.63) is 0 Å². The Morgan fingerprint density at radius 1 is 1.41 bits per heavy atom. The van der Waals surface area contributed by atoms with Gasteiger partial charge in [0.2, 0.25) is 0 Å². The van der Waals surface area contributed by atoms with Crippen molar-refractivity contribution < 1.29 is 19.5 Å². The fourth-order valence-corrected chi connectivity index (χ4v) is 1.12. The van der Waals surface area contributed by atoms with E-state index in [2.05, 4.69) is 19.3 Å². The molecule has 104 valence electrons. The summed E-state index contributed by atoms with van der Waals surface area (Å²) in [6.07, 6.45) is -1.09. The zero-order valence-electron chi connectivity index (χ0n) is 11.6. The number of quaternary nitrogens is 1. The summed E-state index contributed by atoms with van der Waals surface area (Å²) in [4.78, 5) is 10.0. The van der Waals surface area contributed by atoms with Gasteiger partial charge in [0.25, 0.3) is 0 Å². The Labute approximate surface area is 104 Å². The number of hydrazine groups is 1. The van der Waals surface area contributed by atoms with Crippen molar-refractivity contribution in [2.24, 2.45) is 11.8 Å². The summed E-state index contributed by atoms with van der Waals surface area (Å²) in [5.74, 6) is 4.44. The zero-order valence-corrected chi connectivity index (χ0v) is 11.6. The highest BCUT2D eigenvalue weighted by atomic mass is 16.4. The molecule has 0 aliphatic heterocycles. The molecule has 0 radical (unpaired) electrons. The Bertz CT molecular complexity index is 203. The van der Waals surface area contributed by atoms with Crippen LogP contribution in [0, 0.1) is 5.92 Å². The molecule has 0 aromatic heterocycles. The number of likely N-dealkylation sites (N-methyl/N-ethyl adjacent to an activating group) is 1. The number of carboxylic acids is 1. The molecule has 0 bridgehead atoms. The lowest BCUT2D eigenvalue weighted by atomic mass is 10.2. The molecule has 1 atom stereocenters. The van der Waals surface area contributed by atoms with Gasteiger partial charge in [-0.25, -0.2) is 0 Å². The highest BCUT2D eigenvalue weighted by Crippen LogP contribution is 1.97. The van der Waals surface area contributed by atoms with Crippen molar-refractivity contribution in [2.45, 2.75) is 26.4 Å². The lowest BCUT2D eigenvalue weighted by molar-refractivity contribution is -0.873. The fourth-order valence-electron chi connectivity index (χ4n) is 1.12. The standard InChI is InChI=1S/C7H15NO3.C4H12N2/c1-8(2,3)5-6(9)4-7(10)11;1-4(2)3-6-5/h6,9H,4-5H2,1-3H3;4,6H,3,5H2,1-2H3/t6-;/m1./s1. The molecule has 6 heteroatoms. The molecule has 6 nitrogen and oxygen atoms in total. The van der Waals surface area contributed by atoms with Crippen LogP contribution >= 0.6 is 0 Å². The molecule has 0 saturated carbocycles. The van der Waals surface area contributed by atoms with Gasteiger partial charge < -0.3 is 19.5 Å². The molecule has 0 unspecified atom stereocenters. The highest BCUT2D eigenvalue weighted by molar-refractivity contribution is 5.64. The van der Waals surface area contributed by atoms with Gasteiger partial charge in [0.1, 0.15) is 12.6 Å². The summed E-state index contributed by atoms with van der Waals surface area (Å²) in [6, 6.07) is 0. The highest BCUT2D eigenvalue weighted by Gasteiger charge is 2.14. The number of nitrogens with one attached hydrogen (secondary N) is 1. The van der Waals surface area contributed by atoms with E-state index in [1.165, 1.54) is 0 Å². The van der Waals surface area contributed by atoms with Crippen LogP contribution in [-0.2, 0) is 4.79 Å². The zero-order chi connectivity index (χ0) is 14.1. The number of nitrogens with two attached hydrogens (primary N) is 1. The monoisotopic (exact) mass is 249 g/mol. The first kappa shape index (κ1) is 18.7. The molecule has 0 aromatic rings. The lowest BCUT2D eigenvalue weighted by Gasteiger charge is -2.26. The predicted molar refractivity (Wildman–Crippen MR) is 65.6 cm³/mol. The Morgan fingerprint density at radius 2 is 1.88 bits per heavy atom. The number of carbonyl (C=O) groups excluding carboxylic acids is 1. The number of rotatable bonds is 6. The van der Waals surface area contributed by atoms with E-state index in [0.717, 1.165) is 6.54 Å². The van der Waals surface area contributed by atoms with Crippen molar-refractivity contribution in [2.75, 3.05) is 34.2 Å². The van der Waals surface area contributed by atoms with Crippen LogP contribution in [0.4, 0.5) is 0 Å². The van der Waals surface area contributed by atoms with Crippen molar-refractivity contribution in [3.8, 4) is 0 Å². The molecule has 0 aromatic carbocycles. The SMILES string of the molecule is CC(C)CNN.C[N+](C)(C)C[C@H](O)CC(=O)[O-]. The number of aliphatic hydroxyl groups is 1. The number of aliphatic carboxylic acids is 1. The average Bonchev–Trinajstić information content (AvgIpc) is 1.97. The number of carbonyl (C=O) groups is 1. The molecule has 0 rings (SSSR count). The molecule has 0 heterocycles. The second-order valence-electron chi connectivity index (χ2n) is 5.50. The van der Waals surface area contributed by atoms with Crippen molar-refractivity contribution in [1.82, 2.24) is 5.43 Å². The van der Waals surface area contributed by atoms with E-state index in [4.69, 9.17) is 10.9 Å². The first-order chi connectivity index (χ1) is 7.58. The minimum Gasteiger partial charge on any atom is -0.550 e. The van der Waals surface area contributed by atoms with Gasteiger partial charge in [0, 0.05) is 18.9 Å². The van der Waals surface area contributed by atoms with Crippen molar-refractivity contribution >= 4 is 5.97 Å². The van der Waals surface area contributed by atoms with Gasteiger partial charge in [-0.15, -0.1) is 0 Å². The molecule has 0 aliphatic carbocycles. The fraction of sp³-hybridized carbons (Fsp3) is 0.909. The third-order valence-electron chi connectivity index (χ3n) is 1.69. The number of carboxylic acid groups (broad SMARTS) is 1. The lowest BCUT2D eigenvalue weighted by Crippen LogP contribution is -2.43. The topological polar surface area (TPSA) is 98.4 Å². The Kier molecular flexibility index (Phi) is 10.3. The summed E-state index contributed by atoms with van der Waals surface area (Å²) >= 11 is 0. The van der Waals surface area contributed by atoms with Crippen LogP contribution in [0.3, 0.4) is 0 Å². The average molecular weight is 249 g/mol. The molecular formula is C11H27N3O3. The molecule has 4 N–H and O–H groups in total. The van der Waals surface area contributed by atoms with Crippen molar-refractivity contribution in [1.29, 1.82) is 0 Å². The molecule has 0 spiro atoms. The van der Waals surface area contributed by atoms with Gasteiger partial charge in [-0.2, -0.15) is 0 Å². The second-order valence-corrected chi connectivity index (χ2v) is 5.50. The number of hydrogen-bond acceptors (Lipinski definition) is 5. The number of nitrogens with zero attached hydrogens (tertiary/aromatic N) is 1.